The van der Waals surface area contributed by atoms with Gasteiger partial charge in [0, 0.05) is 17.8 Å². The van der Waals surface area contributed by atoms with E-state index in [1.807, 2.05) is 19.1 Å². The summed E-state index contributed by atoms with van der Waals surface area (Å²) < 4.78 is 18.3. The molecule has 2 aliphatic carbocycles. The van der Waals surface area contributed by atoms with Gasteiger partial charge in [0.1, 0.15) is 16.7 Å². The molecule has 8 nitrogen and oxygen atoms in total. The summed E-state index contributed by atoms with van der Waals surface area (Å²) in [7, 11) is 0. The summed E-state index contributed by atoms with van der Waals surface area (Å²) in [6.45, 7) is 2.04. The van der Waals surface area contributed by atoms with Crippen LogP contribution in [0.5, 0.6) is 0 Å². The molecule has 4 N–H and O–H groups in total. The molecule has 10 heteroatoms. The molecule has 2 fully saturated rings. The second-order valence-corrected chi connectivity index (χ2v) is 12.3. The number of hydrogen-bond acceptors (Lipinski definition) is 6. The van der Waals surface area contributed by atoms with Gasteiger partial charge in [-0.25, -0.2) is 4.39 Å². The third kappa shape index (κ3) is 7.24. The van der Waals surface area contributed by atoms with E-state index in [0.717, 1.165) is 87.7 Å². The number of nitrogens with zero attached hydrogens (tertiary/aromatic N) is 2. The van der Waals surface area contributed by atoms with Crippen LogP contribution in [0, 0.1) is 5.82 Å². The van der Waals surface area contributed by atoms with Gasteiger partial charge >= 0.3 is 0 Å². The van der Waals surface area contributed by atoms with Crippen molar-refractivity contribution >= 4 is 40.6 Å². The highest BCUT2D eigenvalue weighted by Crippen LogP contribution is 2.34. The average molecular weight is 606 g/mol. The average Bonchev–Trinajstić information content (AvgIpc) is 3.42. The number of aryl methyl sites for hydroxylation is 1. The zero-order valence-corrected chi connectivity index (χ0v) is 25.4. The normalized spacial score (nSPS) is 16.8. The Balaban J connectivity index is 1.53. The van der Waals surface area contributed by atoms with Crippen LogP contribution in [0.1, 0.15) is 108 Å². The molecule has 3 amide bonds. The highest BCUT2D eigenvalue weighted by molar-refractivity contribution is 7.09. The van der Waals surface area contributed by atoms with Gasteiger partial charge in [0.15, 0.2) is 5.69 Å². The Labute approximate surface area is 256 Å². The lowest BCUT2D eigenvalue weighted by atomic mass is 9.94. The minimum atomic E-state index is -1.11. The third-order valence-corrected chi connectivity index (χ3v) is 9.41. The quantitative estimate of drug-likeness (QED) is 0.264. The molecule has 3 aromatic rings. The second-order valence-electron chi connectivity index (χ2n) is 11.6. The van der Waals surface area contributed by atoms with Gasteiger partial charge < -0.3 is 16.4 Å². The van der Waals surface area contributed by atoms with E-state index >= 15 is 0 Å². The first-order valence-electron chi connectivity index (χ1n) is 15.4. The molecule has 5 rings (SSSR count). The Morgan fingerprint density at radius 1 is 0.907 bits per heavy atom. The number of nitrogens with one attached hydrogen (secondary N) is 2. The van der Waals surface area contributed by atoms with E-state index in [0.29, 0.717) is 11.3 Å². The van der Waals surface area contributed by atoms with Crippen LogP contribution in [0.15, 0.2) is 48.5 Å². The van der Waals surface area contributed by atoms with Crippen molar-refractivity contribution in [2.45, 2.75) is 95.7 Å². The summed E-state index contributed by atoms with van der Waals surface area (Å²) in [5, 5.41) is 6.18. The molecule has 1 atom stereocenters. The number of amides is 3. The zero-order chi connectivity index (χ0) is 30.3. The first-order chi connectivity index (χ1) is 20.9. The zero-order valence-electron chi connectivity index (χ0n) is 24.6. The van der Waals surface area contributed by atoms with Gasteiger partial charge in [0.05, 0.1) is 5.69 Å². The molecule has 0 bridgehead atoms. The molecular weight excluding hydrogens is 565 g/mol. The van der Waals surface area contributed by atoms with E-state index < -0.39 is 23.7 Å². The van der Waals surface area contributed by atoms with Crippen LogP contribution >= 0.6 is 11.5 Å². The molecule has 1 aromatic heterocycles. The molecule has 2 aliphatic rings. The standard InChI is InChI=1S/C33H40FN5O3S/c1-2-21-13-19-26(20-14-21)39(29(22-15-17-23(34)18-16-22)32(41)37-25-11-7-4-8-12-25)33(42)30-27(35)28(38-43-30)31(40)36-24-9-5-3-6-10-24/h13-20,24-25,29H,2-12,35H2,1H3,(H,36,40)(H,37,41)/t29-/m0/s1. The van der Waals surface area contributed by atoms with Crippen LogP contribution in [0.2, 0.25) is 0 Å². The fourth-order valence-corrected chi connectivity index (χ4v) is 6.83. The maximum atomic E-state index is 14.5. The minimum Gasteiger partial charge on any atom is -0.395 e. The van der Waals surface area contributed by atoms with Crippen molar-refractivity contribution < 1.29 is 18.8 Å². The Bertz CT molecular complexity index is 1410. The van der Waals surface area contributed by atoms with E-state index in [4.69, 9.17) is 5.73 Å². The van der Waals surface area contributed by atoms with Gasteiger partial charge in [-0.3, -0.25) is 19.3 Å². The van der Waals surface area contributed by atoms with E-state index in [9.17, 15) is 18.8 Å². The van der Waals surface area contributed by atoms with E-state index in [1.165, 1.54) is 29.2 Å². The van der Waals surface area contributed by atoms with Gasteiger partial charge in [0.2, 0.25) is 5.91 Å². The molecule has 0 radical (unpaired) electrons. The predicted octanol–water partition coefficient (Wildman–Crippen LogP) is 6.33. The number of nitrogen functional groups attached to an aromatic ring is 1. The molecule has 0 spiro atoms. The monoisotopic (exact) mass is 605 g/mol. The maximum Gasteiger partial charge on any atom is 0.273 e. The molecule has 1 heterocycles. The summed E-state index contributed by atoms with van der Waals surface area (Å²) >= 11 is 0.849. The number of benzene rings is 2. The van der Waals surface area contributed by atoms with Crippen LogP contribution in [0.25, 0.3) is 0 Å². The number of hydrogen-bond donors (Lipinski definition) is 3. The summed E-state index contributed by atoms with van der Waals surface area (Å²) in [5.74, 6) is -1.75. The molecule has 43 heavy (non-hydrogen) atoms. The molecule has 0 unspecified atom stereocenters. The van der Waals surface area contributed by atoms with Crippen molar-refractivity contribution in [3.63, 3.8) is 0 Å². The number of anilines is 2. The molecule has 228 valence electrons. The van der Waals surface area contributed by atoms with E-state index in [1.54, 1.807) is 12.1 Å². The van der Waals surface area contributed by atoms with Gasteiger partial charge in [-0.1, -0.05) is 69.7 Å². The van der Waals surface area contributed by atoms with Gasteiger partial charge in [-0.2, -0.15) is 4.37 Å². The Kier molecular flexibility index (Phi) is 10.1. The van der Waals surface area contributed by atoms with Gasteiger partial charge in [-0.05, 0) is 79.0 Å². The smallest absolute Gasteiger partial charge is 0.273 e. The SMILES string of the molecule is CCc1ccc(N(C(=O)c2snc(C(=O)NC3CCCCC3)c2N)[C@H](C(=O)NC2CCCCC2)c2ccc(F)cc2)cc1. The summed E-state index contributed by atoms with van der Waals surface area (Å²) in [4.78, 5) is 43.1. The first kappa shape index (κ1) is 30.7. The van der Waals surface area contributed by atoms with Crippen LogP contribution in [0.4, 0.5) is 15.8 Å². The van der Waals surface area contributed by atoms with Crippen molar-refractivity contribution in [3.05, 3.63) is 76.0 Å². The number of halogens is 1. The van der Waals surface area contributed by atoms with Crippen molar-refractivity contribution in [1.82, 2.24) is 15.0 Å². The number of aromatic nitrogens is 1. The Morgan fingerprint density at radius 3 is 2.07 bits per heavy atom. The van der Waals surface area contributed by atoms with Crippen molar-refractivity contribution in [3.8, 4) is 0 Å². The molecule has 2 aromatic carbocycles. The number of nitrogens with two attached hydrogens (primary N) is 1. The molecule has 0 saturated heterocycles. The van der Waals surface area contributed by atoms with Crippen LogP contribution < -0.4 is 21.3 Å². The third-order valence-electron chi connectivity index (χ3n) is 8.56. The largest absolute Gasteiger partial charge is 0.395 e. The fourth-order valence-electron chi connectivity index (χ4n) is 6.09. The Morgan fingerprint density at radius 2 is 1.49 bits per heavy atom. The van der Waals surface area contributed by atoms with E-state index in [2.05, 4.69) is 15.0 Å². The fraction of sp³-hybridized carbons (Fsp3) is 0.455. The van der Waals surface area contributed by atoms with Gasteiger partial charge in [-0.15, -0.1) is 0 Å². The number of rotatable bonds is 9. The number of carbonyl (C=O) groups is 3. The molecule has 0 aliphatic heterocycles. The summed E-state index contributed by atoms with van der Waals surface area (Å²) in [6, 6.07) is 12.0. The topological polar surface area (TPSA) is 117 Å². The second kappa shape index (κ2) is 14.1. The minimum absolute atomic E-state index is 0.00724. The predicted molar refractivity (Wildman–Crippen MR) is 168 cm³/mol. The lowest BCUT2D eigenvalue weighted by molar-refractivity contribution is -0.123. The van der Waals surface area contributed by atoms with Crippen molar-refractivity contribution in [2.24, 2.45) is 0 Å². The first-order valence-corrected chi connectivity index (χ1v) is 16.2. The van der Waals surface area contributed by atoms with Crippen LogP contribution in [0.3, 0.4) is 0 Å². The van der Waals surface area contributed by atoms with Gasteiger partial charge in [0.25, 0.3) is 11.8 Å². The lowest BCUT2D eigenvalue weighted by Crippen LogP contribution is -2.47. The van der Waals surface area contributed by atoms with Crippen LogP contribution in [-0.2, 0) is 11.2 Å². The highest BCUT2D eigenvalue weighted by atomic mass is 32.1. The summed E-state index contributed by atoms with van der Waals surface area (Å²) in [6.07, 6.45) is 10.8. The van der Waals surface area contributed by atoms with Crippen molar-refractivity contribution in [2.75, 3.05) is 10.6 Å². The Hall–Kier alpha value is -3.79. The molecular formula is C33H40FN5O3S. The molecule has 2 saturated carbocycles. The lowest BCUT2D eigenvalue weighted by Gasteiger charge is -2.33. The summed E-state index contributed by atoms with van der Waals surface area (Å²) in [5.41, 5.74) is 8.47. The number of carbonyl (C=O) groups excluding carboxylic acids is 3. The van der Waals surface area contributed by atoms with Crippen molar-refractivity contribution in [1.29, 1.82) is 0 Å². The maximum absolute atomic E-state index is 14.5. The highest BCUT2D eigenvalue weighted by Gasteiger charge is 2.37. The van der Waals surface area contributed by atoms with Crippen LogP contribution in [-0.4, -0.2) is 34.2 Å². The van der Waals surface area contributed by atoms with E-state index in [-0.39, 0.29) is 34.2 Å².